The first-order valence-electron chi connectivity index (χ1n) is 9.24. The molecule has 0 bridgehead atoms. The molecule has 154 valence electrons. The van der Waals surface area contributed by atoms with Crippen LogP contribution in [0.3, 0.4) is 0 Å². The van der Waals surface area contributed by atoms with E-state index < -0.39 is 10.0 Å². The zero-order valence-corrected chi connectivity index (χ0v) is 17.7. The third kappa shape index (κ3) is 4.05. The number of para-hydroxylation sites is 1. The summed E-state index contributed by atoms with van der Waals surface area (Å²) in [6.07, 6.45) is 1.48. The summed E-state index contributed by atoms with van der Waals surface area (Å²) in [6, 6.07) is 16.7. The van der Waals surface area contributed by atoms with Gasteiger partial charge >= 0.3 is 0 Å². The molecule has 0 radical (unpaired) electrons. The Morgan fingerprint density at radius 2 is 1.80 bits per heavy atom. The van der Waals surface area contributed by atoms with Crippen molar-refractivity contribution >= 4 is 32.5 Å². The molecular weight excluding hydrogens is 424 g/mol. The van der Waals surface area contributed by atoms with Crippen molar-refractivity contribution in [2.24, 2.45) is 0 Å². The second-order valence-corrected chi connectivity index (χ2v) is 9.34. The van der Waals surface area contributed by atoms with Gasteiger partial charge < -0.3 is 9.40 Å². The molecule has 0 fully saturated rings. The van der Waals surface area contributed by atoms with Gasteiger partial charge in [0.15, 0.2) is 0 Å². The van der Waals surface area contributed by atoms with Crippen LogP contribution in [0.1, 0.15) is 16.9 Å². The van der Waals surface area contributed by atoms with Crippen LogP contribution in [0.15, 0.2) is 81.0 Å². The molecule has 0 spiro atoms. The predicted octanol–water partition coefficient (Wildman–Crippen LogP) is 4.47. The smallest absolute Gasteiger partial charge is 0.252 e. The van der Waals surface area contributed by atoms with Crippen LogP contribution in [0.4, 0.5) is 0 Å². The molecule has 0 aliphatic rings. The number of fused-ring (bicyclic) bond motifs is 1. The van der Waals surface area contributed by atoms with E-state index in [1.54, 1.807) is 18.2 Å². The van der Waals surface area contributed by atoms with Gasteiger partial charge in [-0.3, -0.25) is 4.79 Å². The zero-order valence-electron chi connectivity index (χ0n) is 16.1. The fourth-order valence-corrected chi connectivity index (χ4v) is 4.80. The van der Waals surface area contributed by atoms with Crippen molar-refractivity contribution in [1.29, 1.82) is 0 Å². The van der Waals surface area contributed by atoms with Crippen molar-refractivity contribution in [1.82, 2.24) is 9.29 Å². The van der Waals surface area contributed by atoms with Gasteiger partial charge in [-0.05, 0) is 60.3 Å². The summed E-state index contributed by atoms with van der Waals surface area (Å²) < 4.78 is 33.2. The minimum atomic E-state index is -3.91. The molecule has 4 aromatic rings. The number of nitrogens with zero attached hydrogens (tertiary/aromatic N) is 1. The van der Waals surface area contributed by atoms with E-state index in [4.69, 9.17) is 16.0 Å². The van der Waals surface area contributed by atoms with Crippen LogP contribution in [0.25, 0.3) is 10.9 Å². The van der Waals surface area contributed by atoms with Gasteiger partial charge in [0, 0.05) is 17.1 Å². The number of aromatic amines is 1. The molecule has 6 nitrogen and oxygen atoms in total. The van der Waals surface area contributed by atoms with Gasteiger partial charge in [0.2, 0.25) is 10.0 Å². The van der Waals surface area contributed by atoms with Crippen LogP contribution in [0.5, 0.6) is 0 Å². The van der Waals surface area contributed by atoms with E-state index in [2.05, 4.69) is 4.98 Å². The number of furan rings is 1. The fourth-order valence-electron chi connectivity index (χ4n) is 3.29. The monoisotopic (exact) mass is 442 g/mol. The van der Waals surface area contributed by atoms with E-state index in [9.17, 15) is 13.2 Å². The average Bonchev–Trinajstić information content (AvgIpc) is 3.22. The summed E-state index contributed by atoms with van der Waals surface area (Å²) in [7, 11) is -3.91. The Hall–Kier alpha value is -2.87. The summed E-state index contributed by atoms with van der Waals surface area (Å²) in [5.41, 5.74) is 1.70. The lowest BCUT2D eigenvalue weighted by Gasteiger charge is -2.21. The maximum Gasteiger partial charge on any atom is 0.252 e. The average molecular weight is 443 g/mol. The second-order valence-electron chi connectivity index (χ2n) is 6.97. The normalized spacial score (nSPS) is 12.0. The van der Waals surface area contributed by atoms with Crippen LogP contribution in [-0.4, -0.2) is 17.7 Å². The van der Waals surface area contributed by atoms with Crippen molar-refractivity contribution in [3.05, 3.63) is 99.2 Å². The van der Waals surface area contributed by atoms with Crippen LogP contribution >= 0.6 is 11.6 Å². The van der Waals surface area contributed by atoms with Gasteiger partial charge in [-0.25, -0.2) is 8.42 Å². The van der Waals surface area contributed by atoms with Crippen LogP contribution in [0, 0.1) is 6.92 Å². The molecule has 30 heavy (non-hydrogen) atoms. The number of aryl methyl sites for hydroxylation is 1. The molecule has 0 aliphatic carbocycles. The van der Waals surface area contributed by atoms with Gasteiger partial charge in [-0.15, -0.1) is 0 Å². The summed E-state index contributed by atoms with van der Waals surface area (Å²) in [4.78, 5) is 15.7. The number of hydrogen-bond donors (Lipinski definition) is 1. The van der Waals surface area contributed by atoms with Crippen LogP contribution in [0.2, 0.25) is 5.02 Å². The van der Waals surface area contributed by atoms with Crippen molar-refractivity contribution in [2.75, 3.05) is 0 Å². The topological polar surface area (TPSA) is 83.4 Å². The summed E-state index contributed by atoms with van der Waals surface area (Å²) in [5, 5.41) is 1.28. The molecule has 2 aromatic heterocycles. The molecule has 0 atom stereocenters. The highest BCUT2D eigenvalue weighted by atomic mass is 35.5. The number of benzene rings is 2. The molecule has 2 aromatic carbocycles. The van der Waals surface area contributed by atoms with Crippen LogP contribution in [-0.2, 0) is 23.1 Å². The summed E-state index contributed by atoms with van der Waals surface area (Å²) in [5.74, 6) is 0.473. The van der Waals surface area contributed by atoms with Gasteiger partial charge in [-0.1, -0.05) is 29.8 Å². The van der Waals surface area contributed by atoms with Gasteiger partial charge in [0.1, 0.15) is 5.76 Å². The molecule has 1 N–H and O–H groups in total. The number of aromatic nitrogens is 1. The van der Waals surface area contributed by atoms with Crippen molar-refractivity contribution in [2.45, 2.75) is 24.9 Å². The second kappa shape index (κ2) is 8.10. The Kier molecular flexibility index (Phi) is 5.51. The minimum Gasteiger partial charge on any atom is -0.468 e. The molecule has 0 unspecified atom stereocenters. The Bertz CT molecular complexity index is 1340. The number of nitrogens with one attached hydrogen (secondary N) is 1. The Morgan fingerprint density at radius 3 is 2.50 bits per heavy atom. The maximum atomic E-state index is 13.3. The van der Waals surface area contributed by atoms with E-state index in [1.807, 2.05) is 25.1 Å². The largest absolute Gasteiger partial charge is 0.468 e. The lowest BCUT2D eigenvalue weighted by molar-refractivity contribution is 0.357. The van der Waals surface area contributed by atoms with E-state index >= 15 is 0 Å². The third-order valence-corrected chi connectivity index (χ3v) is 6.93. The third-order valence-electron chi connectivity index (χ3n) is 4.88. The molecular formula is C22H19ClN2O4S. The maximum absolute atomic E-state index is 13.3. The molecule has 8 heteroatoms. The van der Waals surface area contributed by atoms with Crippen molar-refractivity contribution in [3.63, 3.8) is 0 Å². The zero-order chi connectivity index (χ0) is 21.3. The van der Waals surface area contributed by atoms with Crippen molar-refractivity contribution in [3.8, 4) is 0 Å². The predicted molar refractivity (Wildman–Crippen MR) is 116 cm³/mol. The molecule has 0 saturated heterocycles. The molecule has 0 amide bonds. The molecule has 0 aliphatic heterocycles. The number of H-pyrrole nitrogens is 1. The summed E-state index contributed by atoms with van der Waals surface area (Å²) in [6.45, 7) is 1.79. The van der Waals surface area contributed by atoms with E-state index in [0.29, 0.717) is 16.3 Å². The highest BCUT2D eigenvalue weighted by molar-refractivity contribution is 7.89. The number of hydrogen-bond acceptors (Lipinski definition) is 4. The number of sulfonamides is 1. The lowest BCUT2D eigenvalue weighted by atomic mass is 10.1. The standard InChI is InChI=1S/C22H19ClN2O4S/c1-15-4-2-5-16-12-17(22(26)24-21(15)16)13-25(14-19-6-3-11-29-19)30(27,28)20-9-7-18(23)8-10-20/h2-12H,13-14H2,1H3,(H,24,26). The lowest BCUT2D eigenvalue weighted by Crippen LogP contribution is -2.32. The van der Waals surface area contributed by atoms with Crippen LogP contribution < -0.4 is 5.56 Å². The first-order valence-corrected chi connectivity index (χ1v) is 11.1. The number of pyridine rings is 1. The molecule has 2 heterocycles. The molecule has 0 saturated carbocycles. The first-order chi connectivity index (χ1) is 14.3. The summed E-state index contributed by atoms with van der Waals surface area (Å²) >= 11 is 5.91. The quantitative estimate of drug-likeness (QED) is 0.477. The number of rotatable bonds is 6. The van der Waals surface area contributed by atoms with E-state index in [0.717, 1.165) is 16.5 Å². The van der Waals surface area contributed by atoms with E-state index in [-0.39, 0.29) is 23.5 Å². The van der Waals surface area contributed by atoms with Gasteiger partial charge in [0.05, 0.1) is 23.2 Å². The highest BCUT2D eigenvalue weighted by Gasteiger charge is 2.27. The number of halogens is 1. The minimum absolute atomic E-state index is 0.0107. The Labute approximate surface area is 178 Å². The van der Waals surface area contributed by atoms with Gasteiger partial charge in [0.25, 0.3) is 5.56 Å². The highest BCUT2D eigenvalue weighted by Crippen LogP contribution is 2.23. The van der Waals surface area contributed by atoms with Gasteiger partial charge in [-0.2, -0.15) is 4.31 Å². The SMILES string of the molecule is Cc1cccc2cc(CN(Cc3ccco3)S(=O)(=O)c3ccc(Cl)cc3)c(=O)[nH]c12. The Balaban J connectivity index is 1.77. The Morgan fingerprint density at radius 1 is 1.03 bits per heavy atom. The fraction of sp³-hybridized carbons (Fsp3) is 0.136. The molecule has 4 rings (SSSR count). The van der Waals surface area contributed by atoms with Crippen molar-refractivity contribution < 1.29 is 12.8 Å². The first kappa shape index (κ1) is 20.4. The van der Waals surface area contributed by atoms with E-state index in [1.165, 1.54) is 34.8 Å².